The Labute approximate surface area is 155 Å². The lowest BCUT2D eigenvalue weighted by atomic mass is 10.0. The molecule has 136 valence electrons. The minimum atomic E-state index is -0.150. The molecule has 3 heterocycles. The predicted molar refractivity (Wildman–Crippen MR) is 98.2 cm³/mol. The number of ether oxygens (including phenoxy) is 1. The second-order valence-corrected chi connectivity index (χ2v) is 6.93. The van der Waals surface area contributed by atoms with E-state index in [0.717, 1.165) is 24.3 Å². The van der Waals surface area contributed by atoms with Crippen LogP contribution in [0.3, 0.4) is 0 Å². The molecule has 0 amide bonds. The van der Waals surface area contributed by atoms with Crippen LogP contribution < -0.4 is 4.90 Å². The van der Waals surface area contributed by atoms with E-state index in [1.165, 1.54) is 0 Å². The molecule has 0 saturated carbocycles. The molecule has 0 aliphatic carbocycles. The van der Waals surface area contributed by atoms with E-state index in [4.69, 9.17) is 20.9 Å². The Hall–Kier alpha value is -2.22. The maximum Gasteiger partial charge on any atom is 0.188 e. The Kier molecular flexibility index (Phi) is 4.52. The van der Waals surface area contributed by atoms with Gasteiger partial charge in [-0.15, -0.1) is 0 Å². The lowest BCUT2D eigenvalue weighted by Crippen LogP contribution is -2.45. The number of aliphatic hydroxyl groups excluding tert-OH is 1. The first kappa shape index (κ1) is 17.2. The van der Waals surface area contributed by atoms with Gasteiger partial charge in [-0.05, 0) is 31.5 Å². The third kappa shape index (κ3) is 2.92. The van der Waals surface area contributed by atoms with Crippen LogP contribution in [-0.2, 0) is 11.3 Å². The molecule has 0 unspecified atom stereocenters. The summed E-state index contributed by atoms with van der Waals surface area (Å²) in [6, 6.07) is 3.70. The van der Waals surface area contributed by atoms with Gasteiger partial charge in [0.1, 0.15) is 10.7 Å². The van der Waals surface area contributed by atoms with Crippen molar-refractivity contribution < 1.29 is 14.4 Å². The van der Waals surface area contributed by atoms with Crippen molar-refractivity contribution in [3.05, 3.63) is 35.1 Å². The van der Waals surface area contributed by atoms with Gasteiger partial charge < -0.3 is 19.3 Å². The van der Waals surface area contributed by atoms with Gasteiger partial charge in [0.15, 0.2) is 5.58 Å². The maximum atomic E-state index is 9.96. The monoisotopic (exact) mass is 374 g/mol. The molecule has 0 bridgehead atoms. The summed E-state index contributed by atoms with van der Waals surface area (Å²) in [5.41, 5.74) is 3.34. The highest BCUT2D eigenvalue weighted by molar-refractivity contribution is 6.38. The molecule has 8 heteroatoms. The number of aliphatic hydroxyl groups is 1. The molecule has 1 aliphatic heterocycles. The van der Waals surface area contributed by atoms with E-state index in [-0.39, 0.29) is 18.8 Å². The molecule has 7 nitrogen and oxygen atoms in total. The SMILES string of the molecule is C[C@@H]1CN(c2cc(CO)c3c(-c4ccnnc4)noc3c2Cl)C[C@H](C)O1. The lowest BCUT2D eigenvalue weighted by molar-refractivity contribution is -0.00521. The summed E-state index contributed by atoms with van der Waals surface area (Å²) in [4.78, 5) is 2.16. The van der Waals surface area contributed by atoms with Gasteiger partial charge in [-0.3, -0.25) is 0 Å². The average Bonchev–Trinajstić information content (AvgIpc) is 3.08. The fourth-order valence-corrected chi connectivity index (χ4v) is 3.82. The second kappa shape index (κ2) is 6.83. The first-order valence-electron chi connectivity index (χ1n) is 8.47. The maximum absolute atomic E-state index is 9.96. The Morgan fingerprint density at radius 2 is 2.04 bits per heavy atom. The van der Waals surface area contributed by atoms with Crippen molar-refractivity contribution in [3.8, 4) is 11.3 Å². The molecule has 1 saturated heterocycles. The smallest absolute Gasteiger partial charge is 0.188 e. The summed E-state index contributed by atoms with van der Waals surface area (Å²) < 4.78 is 11.4. The topological polar surface area (TPSA) is 84.5 Å². The van der Waals surface area contributed by atoms with Gasteiger partial charge in [0.05, 0.1) is 42.3 Å². The van der Waals surface area contributed by atoms with Gasteiger partial charge in [-0.1, -0.05) is 16.8 Å². The van der Waals surface area contributed by atoms with Crippen molar-refractivity contribution in [1.82, 2.24) is 15.4 Å². The fourth-order valence-electron chi connectivity index (χ4n) is 3.51. The first-order chi connectivity index (χ1) is 12.6. The fraction of sp³-hybridized carbons (Fsp3) is 0.389. The zero-order chi connectivity index (χ0) is 18.3. The van der Waals surface area contributed by atoms with Gasteiger partial charge in [0.2, 0.25) is 0 Å². The van der Waals surface area contributed by atoms with Gasteiger partial charge in [0, 0.05) is 18.7 Å². The largest absolute Gasteiger partial charge is 0.392 e. The molecule has 3 aromatic rings. The number of rotatable bonds is 3. The van der Waals surface area contributed by atoms with Crippen molar-refractivity contribution in [2.75, 3.05) is 18.0 Å². The third-order valence-electron chi connectivity index (χ3n) is 4.54. The van der Waals surface area contributed by atoms with E-state index >= 15 is 0 Å². The molecule has 0 spiro atoms. The van der Waals surface area contributed by atoms with Gasteiger partial charge in [0.25, 0.3) is 0 Å². The molecule has 26 heavy (non-hydrogen) atoms. The van der Waals surface area contributed by atoms with Crippen molar-refractivity contribution in [3.63, 3.8) is 0 Å². The summed E-state index contributed by atoms with van der Waals surface area (Å²) in [6.07, 6.45) is 3.37. The molecule has 0 radical (unpaired) electrons. The Bertz CT molecular complexity index is 921. The van der Waals surface area contributed by atoms with Crippen LogP contribution in [0, 0.1) is 0 Å². The number of nitrogens with zero attached hydrogens (tertiary/aromatic N) is 4. The molecule has 1 aromatic carbocycles. The third-order valence-corrected chi connectivity index (χ3v) is 4.90. The summed E-state index contributed by atoms with van der Waals surface area (Å²) in [5.74, 6) is 0. The van der Waals surface area contributed by atoms with Crippen LogP contribution in [0.5, 0.6) is 0 Å². The average molecular weight is 375 g/mol. The van der Waals surface area contributed by atoms with Gasteiger partial charge >= 0.3 is 0 Å². The van der Waals surface area contributed by atoms with Crippen LogP contribution >= 0.6 is 11.6 Å². The molecule has 1 aliphatic rings. The summed E-state index contributed by atoms with van der Waals surface area (Å²) in [5, 5.41) is 23.0. The first-order valence-corrected chi connectivity index (χ1v) is 8.85. The van der Waals surface area contributed by atoms with E-state index < -0.39 is 0 Å². The molecule has 2 aromatic heterocycles. The number of hydrogen-bond donors (Lipinski definition) is 1. The van der Waals surface area contributed by atoms with Crippen molar-refractivity contribution in [2.24, 2.45) is 0 Å². The zero-order valence-corrected chi connectivity index (χ0v) is 15.3. The van der Waals surface area contributed by atoms with Crippen LogP contribution in [0.15, 0.2) is 29.0 Å². The standard InChI is InChI=1S/C18H19ClN4O3/c1-10-7-23(8-11(2)25-10)14-5-13(9-24)15-17(12-3-4-20-21-6-12)22-26-18(15)16(14)19/h3-6,10-11,24H,7-9H2,1-2H3/t10-,11+. The van der Waals surface area contributed by atoms with Crippen LogP contribution in [0.2, 0.25) is 5.02 Å². The Balaban J connectivity index is 1.87. The Morgan fingerprint density at radius 3 is 2.69 bits per heavy atom. The summed E-state index contributed by atoms with van der Waals surface area (Å²) >= 11 is 6.67. The highest BCUT2D eigenvalue weighted by atomic mass is 35.5. The number of morpholine rings is 1. The number of benzene rings is 1. The van der Waals surface area contributed by atoms with Crippen LogP contribution in [-0.4, -0.2) is 45.8 Å². The van der Waals surface area contributed by atoms with Gasteiger partial charge in [-0.25, -0.2) is 0 Å². The quantitative estimate of drug-likeness (QED) is 0.754. The van der Waals surface area contributed by atoms with E-state index in [9.17, 15) is 5.11 Å². The number of hydrogen-bond acceptors (Lipinski definition) is 7. The minimum absolute atomic E-state index is 0.0938. The molecule has 1 fully saturated rings. The number of anilines is 1. The second-order valence-electron chi connectivity index (χ2n) is 6.56. The summed E-state index contributed by atoms with van der Waals surface area (Å²) in [6.45, 7) is 5.35. The number of aromatic nitrogens is 3. The lowest BCUT2D eigenvalue weighted by Gasteiger charge is -2.37. The normalized spacial score (nSPS) is 20.7. The van der Waals surface area contributed by atoms with Crippen LogP contribution in [0.4, 0.5) is 5.69 Å². The number of fused-ring (bicyclic) bond motifs is 1. The van der Waals surface area contributed by atoms with Gasteiger partial charge in [-0.2, -0.15) is 10.2 Å². The molecular formula is C18H19ClN4O3. The van der Waals surface area contributed by atoms with E-state index in [1.54, 1.807) is 18.5 Å². The Morgan fingerprint density at radius 1 is 1.27 bits per heavy atom. The van der Waals surface area contributed by atoms with Crippen molar-refractivity contribution in [1.29, 1.82) is 0 Å². The van der Waals surface area contributed by atoms with Crippen LogP contribution in [0.25, 0.3) is 22.2 Å². The molecule has 2 atom stereocenters. The highest BCUT2D eigenvalue weighted by Gasteiger charge is 2.27. The summed E-state index contributed by atoms with van der Waals surface area (Å²) in [7, 11) is 0. The zero-order valence-electron chi connectivity index (χ0n) is 14.5. The number of halogens is 1. The molecule has 1 N–H and O–H groups in total. The van der Waals surface area contributed by atoms with E-state index in [2.05, 4.69) is 20.3 Å². The van der Waals surface area contributed by atoms with Crippen LogP contribution in [0.1, 0.15) is 19.4 Å². The van der Waals surface area contributed by atoms with E-state index in [0.29, 0.717) is 27.2 Å². The van der Waals surface area contributed by atoms with Crippen molar-refractivity contribution >= 4 is 28.3 Å². The molecule has 4 rings (SSSR count). The minimum Gasteiger partial charge on any atom is -0.392 e. The predicted octanol–water partition coefficient (Wildman–Crippen LogP) is 3.04. The molecular weight excluding hydrogens is 356 g/mol. The van der Waals surface area contributed by atoms with Crippen molar-refractivity contribution in [2.45, 2.75) is 32.7 Å². The van der Waals surface area contributed by atoms with E-state index in [1.807, 2.05) is 19.9 Å². The highest BCUT2D eigenvalue weighted by Crippen LogP contribution is 2.41.